The van der Waals surface area contributed by atoms with Crippen molar-refractivity contribution in [3.63, 3.8) is 0 Å². The van der Waals surface area contributed by atoms with Crippen molar-refractivity contribution in [1.29, 1.82) is 0 Å². The van der Waals surface area contributed by atoms with Crippen LogP contribution in [0.3, 0.4) is 0 Å². The third-order valence-electron chi connectivity index (χ3n) is 3.43. The SMILES string of the molecule is CC(C)CCN(C(=O)CNS(=O)(=O)c1cccs1)C1CC1. The molecular weight excluding hydrogens is 308 g/mol. The Hall–Kier alpha value is -0.920. The minimum absolute atomic E-state index is 0.127. The van der Waals surface area contributed by atoms with Gasteiger partial charge in [0.15, 0.2) is 0 Å². The lowest BCUT2D eigenvalue weighted by Gasteiger charge is -2.23. The average Bonchev–Trinajstić information content (AvgIpc) is 3.08. The van der Waals surface area contributed by atoms with E-state index in [-0.39, 0.29) is 16.7 Å². The Labute approximate surface area is 130 Å². The topological polar surface area (TPSA) is 66.5 Å². The number of hydrogen-bond donors (Lipinski definition) is 1. The Bertz CT molecular complexity index is 563. The molecule has 0 aliphatic heterocycles. The molecule has 7 heteroatoms. The van der Waals surface area contributed by atoms with Crippen LogP contribution in [0.25, 0.3) is 0 Å². The van der Waals surface area contributed by atoms with Gasteiger partial charge in [-0.25, -0.2) is 13.1 Å². The first kappa shape index (κ1) is 16.5. The highest BCUT2D eigenvalue weighted by atomic mass is 32.2. The van der Waals surface area contributed by atoms with E-state index in [2.05, 4.69) is 18.6 Å². The number of sulfonamides is 1. The largest absolute Gasteiger partial charge is 0.339 e. The number of rotatable bonds is 8. The van der Waals surface area contributed by atoms with E-state index in [1.807, 2.05) is 4.90 Å². The van der Waals surface area contributed by atoms with Crippen molar-refractivity contribution in [2.45, 2.75) is 43.4 Å². The number of hydrogen-bond acceptors (Lipinski definition) is 4. The molecule has 5 nitrogen and oxygen atoms in total. The van der Waals surface area contributed by atoms with Gasteiger partial charge in [-0.05, 0) is 36.6 Å². The van der Waals surface area contributed by atoms with Gasteiger partial charge in [-0.2, -0.15) is 0 Å². The first-order valence-corrected chi connectivity index (χ1v) is 9.59. The molecule has 1 fully saturated rings. The van der Waals surface area contributed by atoms with Crippen molar-refractivity contribution in [3.05, 3.63) is 17.5 Å². The van der Waals surface area contributed by atoms with Gasteiger partial charge in [0.1, 0.15) is 4.21 Å². The van der Waals surface area contributed by atoms with Crippen LogP contribution in [0.1, 0.15) is 33.1 Å². The number of amides is 1. The lowest BCUT2D eigenvalue weighted by molar-refractivity contribution is -0.130. The van der Waals surface area contributed by atoms with Gasteiger partial charge in [-0.15, -0.1) is 11.3 Å². The molecule has 2 rings (SSSR count). The molecule has 0 aromatic carbocycles. The van der Waals surface area contributed by atoms with Crippen LogP contribution in [0.5, 0.6) is 0 Å². The second kappa shape index (κ2) is 6.89. The first-order chi connectivity index (χ1) is 9.90. The maximum Gasteiger partial charge on any atom is 0.250 e. The van der Waals surface area contributed by atoms with Gasteiger partial charge in [0.05, 0.1) is 6.54 Å². The van der Waals surface area contributed by atoms with Crippen LogP contribution in [0.4, 0.5) is 0 Å². The molecule has 1 N–H and O–H groups in total. The minimum Gasteiger partial charge on any atom is -0.339 e. The summed E-state index contributed by atoms with van der Waals surface area (Å²) in [6, 6.07) is 3.53. The van der Waals surface area contributed by atoms with Crippen molar-refractivity contribution < 1.29 is 13.2 Å². The fourth-order valence-electron chi connectivity index (χ4n) is 2.04. The van der Waals surface area contributed by atoms with Gasteiger partial charge < -0.3 is 4.90 Å². The molecule has 0 radical (unpaired) electrons. The molecular formula is C14H22N2O3S2. The zero-order valence-electron chi connectivity index (χ0n) is 12.4. The summed E-state index contributed by atoms with van der Waals surface area (Å²) in [6.07, 6.45) is 3.00. The van der Waals surface area contributed by atoms with Crippen molar-refractivity contribution in [2.75, 3.05) is 13.1 Å². The summed E-state index contributed by atoms with van der Waals surface area (Å²) in [5.74, 6) is 0.403. The maximum atomic E-state index is 12.3. The van der Waals surface area contributed by atoms with Gasteiger partial charge in [-0.1, -0.05) is 19.9 Å². The highest BCUT2D eigenvalue weighted by Gasteiger charge is 2.32. The molecule has 0 saturated heterocycles. The summed E-state index contributed by atoms with van der Waals surface area (Å²) in [7, 11) is -3.56. The number of carbonyl (C=O) groups excluding carboxylic acids is 1. The fraction of sp³-hybridized carbons (Fsp3) is 0.643. The summed E-state index contributed by atoms with van der Waals surface area (Å²) in [6.45, 7) is 4.79. The highest BCUT2D eigenvalue weighted by Crippen LogP contribution is 2.27. The lowest BCUT2D eigenvalue weighted by atomic mass is 10.1. The number of nitrogens with one attached hydrogen (secondary N) is 1. The smallest absolute Gasteiger partial charge is 0.250 e. The van der Waals surface area contributed by atoms with Crippen LogP contribution in [-0.2, 0) is 14.8 Å². The average molecular weight is 330 g/mol. The van der Waals surface area contributed by atoms with Gasteiger partial charge in [0.25, 0.3) is 10.0 Å². The third-order valence-corrected chi connectivity index (χ3v) is 6.23. The molecule has 1 aliphatic rings. The van der Waals surface area contributed by atoms with E-state index in [0.29, 0.717) is 18.5 Å². The van der Waals surface area contributed by atoms with Crippen LogP contribution in [0, 0.1) is 5.92 Å². The summed E-state index contributed by atoms with van der Waals surface area (Å²) < 4.78 is 26.7. The quantitative estimate of drug-likeness (QED) is 0.793. The van der Waals surface area contributed by atoms with Crippen LogP contribution >= 0.6 is 11.3 Å². The molecule has 1 saturated carbocycles. The zero-order valence-corrected chi connectivity index (χ0v) is 14.0. The van der Waals surface area contributed by atoms with Gasteiger partial charge >= 0.3 is 0 Å². The Kier molecular flexibility index (Phi) is 5.40. The summed E-state index contributed by atoms with van der Waals surface area (Å²) in [5.41, 5.74) is 0. The van der Waals surface area contributed by atoms with Crippen LogP contribution in [0.15, 0.2) is 21.7 Å². The Morgan fingerprint density at radius 3 is 2.71 bits per heavy atom. The van der Waals surface area contributed by atoms with Crippen LogP contribution in [0.2, 0.25) is 0 Å². The van der Waals surface area contributed by atoms with Crippen LogP contribution < -0.4 is 4.72 Å². The van der Waals surface area contributed by atoms with E-state index in [1.54, 1.807) is 11.4 Å². The number of thiophene rings is 1. The Morgan fingerprint density at radius 2 is 2.19 bits per heavy atom. The molecule has 0 unspecified atom stereocenters. The third kappa shape index (κ3) is 4.79. The van der Waals surface area contributed by atoms with E-state index in [9.17, 15) is 13.2 Å². The van der Waals surface area contributed by atoms with Crippen molar-refractivity contribution in [1.82, 2.24) is 9.62 Å². The van der Waals surface area contributed by atoms with Gasteiger partial charge in [-0.3, -0.25) is 4.79 Å². The fourth-order valence-corrected chi connectivity index (χ4v) is 4.05. The van der Waals surface area contributed by atoms with Crippen molar-refractivity contribution >= 4 is 27.3 Å². The zero-order chi connectivity index (χ0) is 15.5. The van der Waals surface area contributed by atoms with Crippen molar-refractivity contribution in [2.24, 2.45) is 5.92 Å². The molecule has 1 aromatic heterocycles. The standard InChI is InChI=1S/C14H22N2O3S2/c1-11(2)7-8-16(12-5-6-12)13(17)10-15-21(18,19)14-4-3-9-20-14/h3-4,9,11-12,15H,5-8,10H2,1-2H3. The van der Waals surface area contributed by atoms with E-state index in [0.717, 1.165) is 30.6 Å². The molecule has 21 heavy (non-hydrogen) atoms. The summed E-state index contributed by atoms with van der Waals surface area (Å²) in [5, 5.41) is 1.70. The molecule has 1 heterocycles. The lowest BCUT2D eigenvalue weighted by Crippen LogP contribution is -2.42. The molecule has 0 spiro atoms. The van der Waals surface area contributed by atoms with E-state index in [1.165, 1.54) is 6.07 Å². The second-order valence-electron chi connectivity index (χ2n) is 5.76. The monoisotopic (exact) mass is 330 g/mol. The van der Waals surface area contributed by atoms with Gasteiger partial charge in [0, 0.05) is 12.6 Å². The van der Waals surface area contributed by atoms with E-state index in [4.69, 9.17) is 0 Å². The van der Waals surface area contributed by atoms with Gasteiger partial charge in [0.2, 0.25) is 5.91 Å². The number of carbonyl (C=O) groups is 1. The number of nitrogens with zero attached hydrogens (tertiary/aromatic N) is 1. The summed E-state index contributed by atoms with van der Waals surface area (Å²) in [4.78, 5) is 14.1. The predicted octanol–water partition coefficient (Wildman–Crippen LogP) is 2.06. The normalized spacial score (nSPS) is 15.4. The predicted molar refractivity (Wildman–Crippen MR) is 83.7 cm³/mol. The Morgan fingerprint density at radius 1 is 1.48 bits per heavy atom. The minimum atomic E-state index is -3.56. The Balaban J connectivity index is 1.90. The van der Waals surface area contributed by atoms with E-state index >= 15 is 0 Å². The molecule has 0 bridgehead atoms. The highest BCUT2D eigenvalue weighted by molar-refractivity contribution is 7.91. The molecule has 1 aliphatic carbocycles. The first-order valence-electron chi connectivity index (χ1n) is 7.23. The maximum absolute atomic E-state index is 12.3. The molecule has 118 valence electrons. The molecule has 1 aromatic rings. The second-order valence-corrected chi connectivity index (χ2v) is 8.70. The summed E-state index contributed by atoms with van der Waals surface area (Å²) >= 11 is 1.15. The van der Waals surface area contributed by atoms with Crippen molar-refractivity contribution in [3.8, 4) is 0 Å². The van der Waals surface area contributed by atoms with E-state index < -0.39 is 10.0 Å². The molecule has 0 atom stereocenters. The molecule has 1 amide bonds. The van der Waals surface area contributed by atoms with Crippen LogP contribution in [-0.4, -0.2) is 38.4 Å².